The summed E-state index contributed by atoms with van der Waals surface area (Å²) in [5.41, 5.74) is 0.171. The summed E-state index contributed by atoms with van der Waals surface area (Å²) in [7, 11) is 0. The average molecular weight is 389 g/mol. The van der Waals surface area contributed by atoms with Crippen molar-refractivity contribution in [1.29, 1.82) is 0 Å². The minimum Gasteiger partial charge on any atom is -0.465 e. The summed E-state index contributed by atoms with van der Waals surface area (Å²) in [6, 6.07) is 9.01. The lowest BCUT2D eigenvalue weighted by molar-refractivity contribution is -0.120. The molecule has 2 heterocycles. The second kappa shape index (κ2) is 9.48. The minimum absolute atomic E-state index is 0.111. The first-order chi connectivity index (χ1) is 13.5. The van der Waals surface area contributed by atoms with E-state index < -0.39 is 11.7 Å². The number of nitrogens with one attached hydrogen (secondary N) is 2. The second-order valence-corrected chi connectivity index (χ2v) is 6.61. The van der Waals surface area contributed by atoms with Crippen molar-refractivity contribution in [3.63, 3.8) is 0 Å². The minimum atomic E-state index is -0.501. The molecule has 1 atom stereocenters. The van der Waals surface area contributed by atoms with Crippen molar-refractivity contribution < 1.29 is 23.1 Å². The molecule has 2 aromatic rings. The summed E-state index contributed by atoms with van der Waals surface area (Å²) in [5.74, 6) is 0.261. The average Bonchev–Trinajstić information content (AvgIpc) is 3.13. The molecule has 1 aromatic heterocycles. The fraction of sp³-hybridized carbons (Fsp3) is 0.400. The molecule has 1 fully saturated rings. The van der Waals surface area contributed by atoms with E-state index >= 15 is 0 Å². The molecule has 0 saturated carbocycles. The van der Waals surface area contributed by atoms with Crippen LogP contribution in [0.5, 0.6) is 0 Å². The lowest BCUT2D eigenvalue weighted by atomic mass is 10.1. The summed E-state index contributed by atoms with van der Waals surface area (Å²) >= 11 is 0. The largest absolute Gasteiger partial charge is 0.465 e. The van der Waals surface area contributed by atoms with Crippen molar-refractivity contribution >= 4 is 11.8 Å². The number of ether oxygens (including phenoxy) is 1. The Morgan fingerprint density at radius 3 is 2.64 bits per heavy atom. The molecule has 1 unspecified atom stereocenters. The van der Waals surface area contributed by atoms with Crippen LogP contribution in [0.1, 0.15) is 27.9 Å². The Morgan fingerprint density at radius 2 is 1.96 bits per heavy atom. The van der Waals surface area contributed by atoms with Crippen LogP contribution in [0.25, 0.3) is 0 Å². The highest BCUT2D eigenvalue weighted by Gasteiger charge is 2.25. The van der Waals surface area contributed by atoms with Crippen molar-refractivity contribution in [1.82, 2.24) is 15.5 Å². The van der Waals surface area contributed by atoms with Crippen LogP contribution in [0.4, 0.5) is 4.39 Å². The SMILES string of the molecule is Cc1ccc(C(CNC(=O)CNC(=O)c2cccc(F)c2)N2CCOCC2)o1. The van der Waals surface area contributed by atoms with E-state index in [0.717, 1.165) is 30.7 Å². The monoisotopic (exact) mass is 389 g/mol. The van der Waals surface area contributed by atoms with Gasteiger partial charge in [-0.1, -0.05) is 6.07 Å². The van der Waals surface area contributed by atoms with E-state index in [2.05, 4.69) is 15.5 Å². The van der Waals surface area contributed by atoms with E-state index in [4.69, 9.17) is 9.15 Å². The maximum atomic E-state index is 13.2. The van der Waals surface area contributed by atoms with Crippen LogP contribution in [-0.4, -0.2) is 56.1 Å². The Labute approximate surface area is 162 Å². The number of hydrogen-bond acceptors (Lipinski definition) is 5. The molecular weight excluding hydrogens is 365 g/mol. The molecule has 0 bridgehead atoms. The van der Waals surface area contributed by atoms with Crippen LogP contribution in [0.2, 0.25) is 0 Å². The van der Waals surface area contributed by atoms with Crippen molar-refractivity contribution in [3.8, 4) is 0 Å². The van der Waals surface area contributed by atoms with E-state index in [1.54, 1.807) is 0 Å². The molecule has 2 N–H and O–H groups in total. The number of carbonyl (C=O) groups is 2. The van der Waals surface area contributed by atoms with Crippen molar-refractivity contribution in [2.24, 2.45) is 0 Å². The first kappa shape index (κ1) is 20.0. The Hall–Kier alpha value is -2.71. The molecule has 7 nitrogen and oxygen atoms in total. The van der Waals surface area contributed by atoms with Gasteiger partial charge in [-0.15, -0.1) is 0 Å². The van der Waals surface area contributed by atoms with Gasteiger partial charge in [-0.25, -0.2) is 4.39 Å². The van der Waals surface area contributed by atoms with Crippen LogP contribution < -0.4 is 10.6 Å². The topological polar surface area (TPSA) is 83.8 Å². The number of morpholine rings is 1. The van der Waals surface area contributed by atoms with Gasteiger partial charge in [-0.2, -0.15) is 0 Å². The van der Waals surface area contributed by atoms with E-state index in [9.17, 15) is 14.0 Å². The summed E-state index contributed by atoms with van der Waals surface area (Å²) in [6.45, 7) is 4.79. The predicted molar refractivity (Wildman–Crippen MR) is 100 cm³/mol. The van der Waals surface area contributed by atoms with Gasteiger partial charge in [0.1, 0.15) is 17.3 Å². The fourth-order valence-corrected chi connectivity index (χ4v) is 3.10. The zero-order valence-corrected chi connectivity index (χ0v) is 15.7. The van der Waals surface area contributed by atoms with Gasteiger partial charge in [0.05, 0.1) is 25.8 Å². The molecule has 1 aliphatic rings. The number of halogens is 1. The van der Waals surface area contributed by atoms with E-state index in [-0.39, 0.29) is 24.1 Å². The van der Waals surface area contributed by atoms with Crippen molar-refractivity contribution in [2.75, 3.05) is 39.4 Å². The molecule has 8 heteroatoms. The molecule has 0 spiro atoms. The third-order valence-corrected chi connectivity index (χ3v) is 4.56. The zero-order valence-electron chi connectivity index (χ0n) is 15.7. The maximum Gasteiger partial charge on any atom is 0.251 e. The van der Waals surface area contributed by atoms with Gasteiger partial charge in [0.15, 0.2) is 0 Å². The standard InChI is InChI=1S/C20H24FN3O4/c1-14-5-6-18(28-14)17(24-7-9-27-10-8-24)12-22-19(25)13-23-20(26)15-3-2-4-16(21)11-15/h2-6,11,17H,7-10,12-13H2,1H3,(H,22,25)(H,23,26). The second-order valence-electron chi connectivity index (χ2n) is 6.61. The van der Waals surface area contributed by atoms with Gasteiger partial charge in [-0.3, -0.25) is 14.5 Å². The molecule has 0 aliphatic carbocycles. The number of nitrogens with zero attached hydrogens (tertiary/aromatic N) is 1. The third-order valence-electron chi connectivity index (χ3n) is 4.56. The first-order valence-corrected chi connectivity index (χ1v) is 9.21. The van der Waals surface area contributed by atoms with Gasteiger partial charge in [0.2, 0.25) is 5.91 Å². The van der Waals surface area contributed by atoms with Crippen LogP contribution in [0, 0.1) is 12.7 Å². The predicted octanol–water partition coefficient (Wildman–Crippen LogP) is 1.65. The molecule has 150 valence electrons. The first-order valence-electron chi connectivity index (χ1n) is 9.21. The lowest BCUT2D eigenvalue weighted by Crippen LogP contribution is -2.45. The number of carbonyl (C=O) groups excluding carboxylic acids is 2. The maximum absolute atomic E-state index is 13.2. The molecule has 1 saturated heterocycles. The molecular formula is C20H24FN3O4. The Balaban J connectivity index is 1.53. The molecule has 28 heavy (non-hydrogen) atoms. The highest BCUT2D eigenvalue weighted by molar-refractivity contribution is 5.96. The normalized spacial score (nSPS) is 15.8. The number of furan rings is 1. The zero-order chi connectivity index (χ0) is 19.9. The number of amides is 2. The number of aryl methyl sites for hydroxylation is 1. The highest BCUT2D eigenvalue weighted by Crippen LogP contribution is 2.23. The van der Waals surface area contributed by atoms with Crippen LogP contribution >= 0.6 is 0 Å². The van der Waals surface area contributed by atoms with E-state index in [0.29, 0.717) is 19.8 Å². The number of hydrogen-bond donors (Lipinski definition) is 2. The van der Waals surface area contributed by atoms with Crippen molar-refractivity contribution in [2.45, 2.75) is 13.0 Å². The summed E-state index contributed by atoms with van der Waals surface area (Å²) in [6.07, 6.45) is 0. The highest BCUT2D eigenvalue weighted by atomic mass is 19.1. The summed E-state index contributed by atoms with van der Waals surface area (Å²) in [5, 5.41) is 5.33. The van der Waals surface area contributed by atoms with Crippen LogP contribution in [-0.2, 0) is 9.53 Å². The third kappa shape index (κ3) is 5.40. The molecule has 3 rings (SSSR count). The van der Waals surface area contributed by atoms with Crippen molar-refractivity contribution in [3.05, 3.63) is 59.3 Å². The summed E-state index contributed by atoms with van der Waals surface area (Å²) in [4.78, 5) is 26.4. The van der Waals surface area contributed by atoms with E-state index in [1.165, 1.54) is 18.2 Å². The fourth-order valence-electron chi connectivity index (χ4n) is 3.10. The van der Waals surface area contributed by atoms with Crippen LogP contribution in [0.3, 0.4) is 0 Å². The Bertz CT molecular complexity index is 817. The number of rotatable bonds is 7. The van der Waals surface area contributed by atoms with Gasteiger partial charge >= 0.3 is 0 Å². The molecule has 1 aromatic carbocycles. The molecule has 1 aliphatic heterocycles. The van der Waals surface area contributed by atoms with E-state index in [1.807, 2.05) is 19.1 Å². The van der Waals surface area contributed by atoms with Gasteiger partial charge in [0, 0.05) is 25.2 Å². The lowest BCUT2D eigenvalue weighted by Gasteiger charge is -2.33. The quantitative estimate of drug-likeness (QED) is 0.752. The summed E-state index contributed by atoms with van der Waals surface area (Å²) < 4.78 is 24.4. The van der Waals surface area contributed by atoms with Gasteiger partial charge in [-0.05, 0) is 37.3 Å². The smallest absolute Gasteiger partial charge is 0.251 e. The van der Waals surface area contributed by atoms with Gasteiger partial charge in [0.25, 0.3) is 5.91 Å². The Morgan fingerprint density at radius 1 is 1.18 bits per heavy atom. The molecule has 0 radical (unpaired) electrons. The Kier molecular flexibility index (Phi) is 6.78. The van der Waals surface area contributed by atoms with Gasteiger partial charge < -0.3 is 19.8 Å². The molecule has 2 amide bonds. The van der Waals surface area contributed by atoms with Crippen LogP contribution in [0.15, 0.2) is 40.8 Å². The number of benzene rings is 1.